The van der Waals surface area contributed by atoms with Crippen LogP contribution in [0.5, 0.6) is 0 Å². The van der Waals surface area contributed by atoms with Gasteiger partial charge in [-0.15, -0.1) is 0 Å². The van der Waals surface area contributed by atoms with Crippen LogP contribution in [-0.4, -0.2) is 32.2 Å². The zero-order chi connectivity index (χ0) is 11.4. The second kappa shape index (κ2) is 5.30. The number of nitrogens with one attached hydrogen (secondary N) is 1. The Morgan fingerprint density at radius 3 is 2.88 bits per heavy atom. The van der Waals surface area contributed by atoms with Crippen LogP contribution in [-0.2, 0) is 6.42 Å². The Labute approximate surface area is 97.9 Å². The number of nitrogens with zero attached hydrogens (tertiary/aromatic N) is 2. The molecular formula is C13H21N3. The molecule has 0 aromatic carbocycles. The fourth-order valence-electron chi connectivity index (χ4n) is 2.23. The lowest BCUT2D eigenvalue weighted by molar-refractivity contribution is 0.376. The molecule has 0 radical (unpaired) electrons. The van der Waals surface area contributed by atoms with Crippen LogP contribution < -0.4 is 10.2 Å². The first kappa shape index (κ1) is 11.4. The van der Waals surface area contributed by atoms with Gasteiger partial charge in [0, 0.05) is 20.3 Å². The molecule has 1 fully saturated rings. The second-order valence-corrected chi connectivity index (χ2v) is 4.84. The molecule has 2 rings (SSSR count). The van der Waals surface area contributed by atoms with Gasteiger partial charge in [0.1, 0.15) is 5.82 Å². The Morgan fingerprint density at radius 1 is 1.44 bits per heavy atom. The van der Waals surface area contributed by atoms with Crippen LogP contribution in [0.15, 0.2) is 18.3 Å². The summed E-state index contributed by atoms with van der Waals surface area (Å²) in [6, 6.07) is 4.31. The van der Waals surface area contributed by atoms with Crippen molar-refractivity contribution in [2.45, 2.75) is 19.3 Å². The third-order valence-electron chi connectivity index (χ3n) is 3.19. The molecule has 0 bridgehead atoms. The van der Waals surface area contributed by atoms with Crippen molar-refractivity contribution in [1.82, 2.24) is 10.3 Å². The Hall–Kier alpha value is -1.09. The maximum Gasteiger partial charge on any atom is 0.127 e. The number of anilines is 1. The molecule has 1 unspecified atom stereocenters. The van der Waals surface area contributed by atoms with Gasteiger partial charge in [0.2, 0.25) is 0 Å². The van der Waals surface area contributed by atoms with E-state index in [0.717, 1.165) is 24.7 Å². The fourth-order valence-corrected chi connectivity index (χ4v) is 2.23. The summed E-state index contributed by atoms with van der Waals surface area (Å²) in [5.41, 5.74) is 1.36. The van der Waals surface area contributed by atoms with Gasteiger partial charge in [-0.3, -0.25) is 0 Å². The fraction of sp³-hybridized carbons (Fsp3) is 0.615. The summed E-state index contributed by atoms with van der Waals surface area (Å²) in [4.78, 5) is 6.48. The van der Waals surface area contributed by atoms with Gasteiger partial charge in [-0.1, -0.05) is 6.07 Å². The highest BCUT2D eigenvalue weighted by Gasteiger charge is 2.13. The molecule has 1 aromatic rings. The predicted molar refractivity (Wildman–Crippen MR) is 67.9 cm³/mol. The maximum atomic E-state index is 4.45. The molecule has 2 heterocycles. The Bertz CT molecular complexity index is 312. The first-order chi connectivity index (χ1) is 7.75. The van der Waals surface area contributed by atoms with E-state index in [0.29, 0.717) is 0 Å². The van der Waals surface area contributed by atoms with Gasteiger partial charge >= 0.3 is 0 Å². The van der Waals surface area contributed by atoms with Crippen LogP contribution in [0.1, 0.15) is 18.4 Å². The van der Waals surface area contributed by atoms with Crippen molar-refractivity contribution in [3.05, 3.63) is 23.9 Å². The molecule has 88 valence electrons. The van der Waals surface area contributed by atoms with Crippen LogP contribution in [0.4, 0.5) is 5.82 Å². The zero-order valence-electron chi connectivity index (χ0n) is 10.2. The van der Waals surface area contributed by atoms with E-state index in [-0.39, 0.29) is 0 Å². The molecule has 1 aliphatic rings. The van der Waals surface area contributed by atoms with Crippen molar-refractivity contribution in [2.75, 3.05) is 32.1 Å². The maximum absolute atomic E-state index is 4.45. The number of hydrogen-bond acceptors (Lipinski definition) is 3. The molecule has 3 heteroatoms. The van der Waals surface area contributed by atoms with Gasteiger partial charge in [-0.2, -0.15) is 0 Å². The van der Waals surface area contributed by atoms with E-state index in [1.54, 1.807) is 0 Å². The first-order valence-electron chi connectivity index (χ1n) is 6.08. The van der Waals surface area contributed by atoms with Crippen LogP contribution in [0.25, 0.3) is 0 Å². The molecule has 1 saturated heterocycles. The van der Waals surface area contributed by atoms with Gasteiger partial charge in [-0.05, 0) is 49.9 Å². The van der Waals surface area contributed by atoms with Crippen molar-refractivity contribution in [3.63, 3.8) is 0 Å². The van der Waals surface area contributed by atoms with E-state index in [1.807, 2.05) is 25.2 Å². The van der Waals surface area contributed by atoms with Gasteiger partial charge in [-0.25, -0.2) is 4.98 Å². The molecule has 0 amide bonds. The minimum atomic E-state index is 0.792. The van der Waals surface area contributed by atoms with Crippen LogP contribution in [0.2, 0.25) is 0 Å². The molecule has 0 aliphatic carbocycles. The average Bonchev–Trinajstić information content (AvgIpc) is 2.31. The van der Waals surface area contributed by atoms with Gasteiger partial charge in [0.05, 0.1) is 0 Å². The summed E-state index contributed by atoms with van der Waals surface area (Å²) in [5.74, 6) is 1.83. The molecule has 0 saturated carbocycles. The van der Waals surface area contributed by atoms with Crippen LogP contribution >= 0.6 is 0 Å². The predicted octanol–water partition coefficient (Wildman–Crippen LogP) is 1.69. The van der Waals surface area contributed by atoms with E-state index in [2.05, 4.69) is 22.4 Å². The number of hydrogen-bond donors (Lipinski definition) is 1. The van der Waals surface area contributed by atoms with Crippen LogP contribution in [0.3, 0.4) is 0 Å². The largest absolute Gasteiger partial charge is 0.363 e. The first-order valence-corrected chi connectivity index (χ1v) is 6.08. The van der Waals surface area contributed by atoms with Crippen molar-refractivity contribution < 1.29 is 0 Å². The minimum Gasteiger partial charge on any atom is -0.363 e. The molecule has 3 nitrogen and oxygen atoms in total. The smallest absolute Gasteiger partial charge is 0.127 e. The van der Waals surface area contributed by atoms with Crippen molar-refractivity contribution in [1.29, 1.82) is 0 Å². The number of piperidine rings is 1. The Balaban J connectivity index is 1.93. The Morgan fingerprint density at radius 2 is 2.31 bits per heavy atom. The zero-order valence-corrected chi connectivity index (χ0v) is 10.2. The van der Waals surface area contributed by atoms with Gasteiger partial charge in [0.15, 0.2) is 0 Å². The standard InChI is InChI=1S/C13H21N3/c1-16(2)13-6-5-12(10-15-13)8-11-4-3-7-14-9-11/h5-6,10-11,14H,3-4,7-9H2,1-2H3. The third-order valence-corrected chi connectivity index (χ3v) is 3.19. The molecule has 1 aliphatic heterocycles. The summed E-state index contributed by atoms with van der Waals surface area (Å²) in [6.07, 6.45) is 5.84. The summed E-state index contributed by atoms with van der Waals surface area (Å²) in [5, 5.41) is 3.46. The van der Waals surface area contributed by atoms with Crippen molar-refractivity contribution in [3.8, 4) is 0 Å². The highest BCUT2D eigenvalue weighted by molar-refractivity contribution is 5.37. The highest BCUT2D eigenvalue weighted by atomic mass is 15.1. The lowest BCUT2D eigenvalue weighted by Crippen LogP contribution is -2.30. The van der Waals surface area contributed by atoms with E-state index >= 15 is 0 Å². The number of aromatic nitrogens is 1. The van der Waals surface area contributed by atoms with Crippen LogP contribution in [0, 0.1) is 5.92 Å². The lowest BCUT2D eigenvalue weighted by atomic mass is 9.93. The SMILES string of the molecule is CN(C)c1ccc(CC2CCCNC2)cn1. The van der Waals surface area contributed by atoms with Gasteiger partial charge in [0.25, 0.3) is 0 Å². The van der Waals surface area contributed by atoms with Gasteiger partial charge < -0.3 is 10.2 Å². The topological polar surface area (TPSA) is 28.2 Å². The molecule has 0 spiro atoms. The number of rotatable bonds is 3. The van der Waals surface area contributed by atoms with Crippen molar-refractivity contribution >= 4 is 5.82 Å². The third kappa shape index (κ3) is 2.95. The average molecular weight is 219 g/mol. The van der Waals surface area contributed by atoms with E-state index in [1.165, 1.54) is 24.9 Å². The summed E-state index contributed by atoms with van der Waals surface area (Å²) in [6.45, 7) is 2.35. The summed E-state index contributed by atoms with van der Waals surface area (Å²) in [7, 11) is 4.04. The Kier molecular flexibility index (Phi) is 3.78. The normalized spacial score (nSPS) is 20.8. The second-order valence-electron chi connectivity index (χ2n) is 4.84. The van der Waals surface area contributed by atoms with Crippen molar-refractivity contribution in [2.24, 2.45) is 5.92 Å². The lowest BCUT2D eigenvalue weighted by Gasteiger charge is -2.22. The van der Waals surface area contributed by atoms with E-state index in [9.17, 15) is 0 Å². The molecule has 1 N–H and O–H groups in total. The molecule has 1 aromatic heterocycles. The monoisotopic (exact) mass is 219 g/mol. The molecule has 16 heavy (non-hydrogen) atoms. The molecule has 1 atom stereocenters. The minimum absolute atomic E-state index is 0.792. The summed E-state index contributed by atoms with van der Waals surface area (Å²) < 4.78 is 0. The quantitative estimate of drug-likeness (QED) is 0.838. The highest BCUT2D eigenvalue weighted by Crippen LogP contribution is 2.17. The molecular weight excluding hydrogens is 198 g/mol. The van der Waals surface area contributed by atoms with E-state index < -0.39 is 0 Å². The number of pyridine rings is 1. The summed E-state index contributed by atoms with van der Waals surface area (Å²) >= 11 is 0. The van der Waals surface area contributed by atoms with E-state index in [4.69, 9.17) is 0 Å².